The molecule has 1 fully saturated rings. The van der Waals surface area contributed by atoms with E-state index >= 15 is 0 Å². The lowest BCUT2D eigenvalue weighted by Gasteiger charge is -2.30. The molecule has 1 N–H and O–H groups in total. The van der Waals surface area contributed by atoms with E-state index < -0.39 is 6.10 Å². The quantitative estimate of drug-likeness (QED) is 0.480. The number of hydrogen-bond acceptors (Lipinski definition) is 6. The van der Waals surface area contributed by atoms with Gasteiger partial charge in [0.05, 0.1) is 31.0 Å². The Labute approximate surface area is 194 Å². The third-order valence-electron chi connectivity index (χ3n) is 5.57. The van der Waals surface area contributed by atoms with Gasteiger partial charge < -0.3 is 24.4 Å². The zero-order valence-corrected chi connectivity index (χ0v) is 19.0. The lowest BCUT2D eigenvalue weighted by molar-refractivity contribution is -0.146. The average Bonchev–Trinajstić information content (AvgIpc) is 2.87. The van der Waals surface area contributed by atoms with Crippen LogP contribution in [0.4, 0.5) is 0 Å². The number of pyridine rings is 1. The number of rotatable bonds is 10. The van der Waals surface area contributed by atoms with Crippen molar-refractivity contribution in [2.24, 2.45) is 0 Å². The number of nitrogens with one attached hydrogen (secondary N) is 1. The second-order valence-electron chi connectivity index (χ2n) is 8.07. The van der Waals surface area contributed by atoms with Gasteiger partial charge in [0.25, 0.3) is 5.91 Å². The Kier molecular flexibility index (Phi) is 8.24. The van der Waals surface area contributed by atoms with Gasteiger partial charge in [0.2, 0.25) is 0 Å². The predicted octanol–water partition coefficient (Wildman–Crippen LogP) is 3.17. The molecule has 4 rings (SSSR count). The highest BCUT2D eigenvalue weighted by Crippen LogP contribution is 2.26. The molecule has 0 unspecified atom stereocenters. The molecule has 174 valence electrons. The molecule has 0 radical (unpaired) electrons. The first-order valence-electron chi connectivity index (χ1n) is 11.4. The summed E-state index contributed by atoms with van der Waals surface area (Å²) in [5, 5.41) is 4.20. The van der Waals surface area contributed by atoms with Gasteiger partial charge in [0, 0.05) is 51.2 Å². The number of methoxy groups -OCH3 is 1. The molecule has 33 heavy (non-hydrogen) atoms. The summed E-state index contributed by atoms with van der Waals surface area (Å²) in [6.07, 6.45) is 0.306. The second-order valence-corrected chi connectivity index (χ2v) is 8.07. The molecule has 2 aromatic carbocycles. The zero-order chi connectivity index (χ0) is 22.9. The number of nitrogens with zero attached hydrogens (tertiary/aromatic N) is 2. The van der Waals surface area contributed by atoms with Gasteiger partial charge in [-0.1, -0.05) is 42.5 Å². The number of fused-ring (bicyclic) bond motifs is 1. The highest BCUT2D eigenvalue weighted by Gasteiger charge is 2.27. The Morgan fingerprint density at radius 3 is 2.73 bits per heavy atom. The Morgan fingerprint density at radius 2 is 1.94 bits per heavy atom. The van der Waals surface area contributed by atoms with Crippen LogP contribution < -0.4 is 10.1 Å². The number of carbonyl (C=O) groups excluding carboxylic acids is 1. The maximum Gasteiger partial charge on any atom is 0.253 e. The number of benzene rings is 2. The van der Waals surface area contributed by atoms with Crippen LogP contribution in [0.2, 0.25) is 0 Å². The van der Waals surface area contributed by atoms with Gasteiger partial charge in [-0.25, -0.2) is 0 Å². The van der Waals surface area contributed by atoms with E-state index in [0.717, 1.165) is 40.9 Å². The molecule has 1 aliphatic rings. The summed E-state index contributed by atoms with van der Waals surface area (Å²) in [5.74, 6) is 0.734. The minimum atomic E-state index is -0.493. The minimum Gasteiger partial charge on any atom is -0.493 e. The molecule has 0 bridgehead atoms. The van der Waals surface area contributed by atoms with Crippen LogP contribution in [-0.4, -0.2) is 61.9 Å². The largest absolute Gasteiger partial charge is 0.493 e. The Morgan fingerprint density at radius 1 is 1.12 bits per heavy atom. The maximum atomic E-state index is 13.4. The molecular formula is C26H31N3O4. The fraction of sp³-hybridized carbons (Fsp3) is 0.385. The number of para-hydroxylation sites is 1. The fourth-order valence-electron chi connectivity index (χ4n) is 3.92. The first kappa shape index (κ1) is 23.2. The third kappa shape index (κ3) is 6.28. The van der Waals surface area contributed by atoms with E-state index in [1.54, 1.807) is 7.11 Å². The summed E-state index contributed by atoms with van der Waals surface area (Å²) in [6, 6.07) is 19.9. The molecule has 0 spiro atoms. The summed E-state index contributed by atoms with van der Waals surface area (Å²) < 4.78 is 17.0. The summed E-state index contributed by atoms with van der Waals surface area (Å²) in [5.41, 5.74) is 2.69. The van der Waals surface area contributed by atoms with Crippen LogP contribution in [-0.2, 0) is 27.4 Å². The molecule has 1 aromatic heterocycles. The Balaban J connectivity index is 1.59. The van der Waals surface area contributed by atoms with Gasteiger partial charge in [-0.3, -0.25) is 9.78 Å². The van der Waals surface area contributed by atoms with E-state index in [0.29, 0.717) is 39.5 Å². The SMILES string of the molecule is COCCCOc1cc(CN(Cc2ccccc2)C(=O)[C@H]2CNCCO2)nc2ccccc12. The second kappa shape index (κ2) is 11.7. The van der Waals surface area contributed by atoms with Crippen LogP contribution in [0.3, 0.4) is 0 Å². The standard InChI is InChI=1S/C26H31N3O4/c1-31-13-7-14-32-24-16-21(28-23-11-6-5-10-22(23)24)19-29(18-20-8-3-2-4-9-20)26(30)25-17-27-12-15-33-25/h2-6,8-11,16,25,27H,7,12-15,17-19H2,1H3/t25-/m1/s1. The molecule has 1 atom stereocenters. The number of aromatic nitrogens is 1. The summed E-state index contributed by atoms with van der Waals surface area (Å²) >= 11 is 0. The van der Waals surface area contributed by atoms with Crippen molar-refractivity contribution < 1.29 is 19.0 Å². The van der Waals surface area contributed by atoms with E-state index in [9.17, 15) is 4.79 Å². The van der Waals surface area contributed by atoms with Crippen molar-refractivity contribution in [1.29, 1.82) is 0 Å². The predicted molar refractivity (Wildman–Crippen MR) is 127 cm³/mol. The summed E-state index contributed by atoms with van der Waals surface area (Å²) in [7, 11) is 1.68. The molecule has 0 saturated carbocycles. The minimum absolute atomic E-state index is 0.0384. The molecule has 1 aliphatic heterocycles. The van der Waals surface area contributed by atoms with Gasteiger partial charge >= 0.3 is 0 Å². The molecular weight excluding hydrogens is 418 g/mol. The molecule has 1 saturated heterocycles. The van der Waals surface area contributed by atoms with Gasteiger partial charge in [0.15, 0.2) is 0 Å². The van der Waals surface area contributed by atoms with E-state index in [1.807, 2.05) is 65.6 Å². The van der Waals surface area contributed by atoms with E-state index in [4.69, 9.17) is 19.2 Å². The van der Waals surface area contributed by atoms with Crippen LogP contribution in [0.15, 0.2) is 60.7 Å². The highest BCUT2D eigenvalue weighted by atomic mass is 16.5. The number of ether oxygens (including phenoxy) is 3. The molecule has 7 heteroatoms. The molecule has 3 aromatic rings. The maximum absolute atomic E-state index is 13.4. The average molecular weight is 450 g/mol. The van der Waals surface area contributed by atoms with E-state index in [2.05, 4.69) is 5.32 Å². The van der Waals surface area contributed by atoms with Gasteiger partial charge in [0.1, 0.15) is 11.9 Å². The normalized spacial score (nSPS) is 16.0. The van der Waals surface area contributed by atoms with E-state index in [1.165, 1.54) is 0 Å². The lowest BCUT2D eigenvalue weighted by atomic mass is 10.1. The number of hydrogen-bond donors (Lipinski definition) is 1. The van der Waals surface area contributed by atoms with Crippen LogP contribution >= 0.6 is 0 Å². The van der Waals surface area contributed by atoms with Crippen molar-refractivity contribution in [2.75, 3.05) is 40.0 Å². The Bertz CT molecular complexity index is 1040. The van der Waals surface area contributed by atoms with E-state index in [-0.39, 0.29) is 5.91 Å². The van der Waals surface area contributed by atoms with Crippen molar-refractivity contribution in [1.82, 2.24) is 15.2 Å². The molecule has 0 aliphatic carbocycles. The summed E-state index contributed by atoms with van der Waals surface area (Å²) in [4.78, 5) is 20.0. The van der Waals surface area contributed by atoms with Crippen LogP contribution in [0.1, 0.15) is 17.7 Å². The lowest BCUT2D eigenvalue weighted by Crippen LogP contribution is -2.49. The van der Waals surface area contributed by atoms with Crippen LogP contribution in [0, 0.1) is 0 Å². The van der Waals surface area contributed by atoms with Crippen molar-refractivity contribution in [2.45, 2.75) is 25.6 Å². The van der Waals surface area contributed by atoms with Crippen LogP contribution in [0.5, 0.6) is 5.75 Å². The monoisotopic (exact) mass is 449 g/mol. The third-order valence-corrected chi connectivity index (χ3v) is 5.57. The van der Waals surface area contributed by atoms with Crippen molar-refractivity contribution in [3.8, 4) is 5.75 Å². The number of carbonyl (C=O) groups is 1. The highest BCUT2D eigenvalue weighted by molar-refractivity contribution is 5.85. The van der Waals surface area contributed by atoms with Gasteiger partial charge in [-0.2, -0.15) is 0 Å². The first-order chi connectivity index (χ1) is 16.2. The van der Waals surface area contributed by atoms with Crippen molar-refractivity contribution in [3.05, 3.63) is 71.9 Å². The number of morpholine rings is 1. The molecule has 2 heterocycles. The number of amides is 1. The van der Waals surface area contributed by atoms with Crippen LogP contribution in [0.25, 0.3) is 10.9 Å². The van der Waals surface area contributed by atoms with Gasteiger partial charge in [-0.05, 0) is 17.7 Å². The first-order valence-corrected chi connectivity index (χ1v) is 11.4. The summed E-state index contributed by atoms with van der Waals surface area (Å²) in [6.45, 7) is 3.86. The fourth-order valence-corrected chi connectivity index (χ4v) is 3.92. The topological polar surface area (TPSA) is 72.9 Å². The van der Waals surface area contributed by atoms with Crippen molar-refractivity contribution in [3.63, 3.8) is 0 Å². The van der Waals surface area contributed by atoms with Gasteiger partial charge in [-0.15, -0.1) is 0 Å². The van der Waals surface area contributed by atoms with Crippen molar-refractivity contribution >= 4 is 16.8 Å². The smallest absolute Gasteiger partial charge is 0.253 e. The Hall–Kier alpha value is -3.00. The molecule has 7 nitrogen and oxygen atoms in total. The molecule has 1 amide bonds. The zero-order valence-electron chi connectivity index (χ0n) is 19.0.